The van der Waals surface area contributed by atoms with Crippen molar-refractivity contribution in [2.75, 3.05) is 13.2 Å². The van der Waals surface area contributed by atoms with Crippen LogP contribution in [0.2, 0.25) is 0 Å². The van der Waals surface area contributed by atoms with Crippen molar-refractivity contribution in [1.29, 1.82) is 0 Å². The predicted molar refractivity (Wildman–Crippen MR) is 175 cm³/mol. The van der Waals surface area contributed by atoms with Crippen LogP contribution in [0.3, 0.4) is 0 Å². The van der Waals surface area contributed by atoms with Gasteiger partial charge in [0, 0.05) is 37.6 Å². The molecule has 46 heavy (non-hydrogen) atoms. The molecule has 1 unspecified atom stereocenters. The van der Waals surface area contributed by atoms with Gasteiger partial charge in [0.25, 0.3) is 0 Å². The molecule has 2 aromatic heterocycles. The summed E-state index contributed by atoms with van der Waals surface area (Å²) in [6.07, 6.45) is 5.02. The molecule has 1 aromatic carbocycles. The van der Waals surface area contributed by atoms with Crippen molar-refractivity contribution in [1.82, 2.24) is 20.4 Å². The third-order valence-corrected chi connectivity index (χ3v) is 9.30. The van der Waals surface area contributed by atoms with Crippen molar-refractivity contribution in [2.45, 2.75) is 104 Å². The number of carbonyl (C=O) groups is 3. The third-order valence-electron chi connectivity index (χ3n) is 8.32. The number of aliphatic hydroxyl groups excluding tert-OH is 1. The molecule has 11 nitrogen and oxygen atoms in total. The number of aliphatic hydroxyl groups is 1. The summed E-state index contributed by atoms with van der Waals surface area (Å²) in [5, 5.41) is 26.2. The fourth-order valence-corrected chi connectivity index (χ4v) is 6.68. The second-order valence-corrected chi connectivity index (χ2v) is 13.3. The Labute approximate surface area is 274 Å². The molecule has 3 N–H and O–H groups in total. The van der Waals surface area contributed by atoms with E-state index in [9.17, 15) is 19.5 Å². The van der Waals surface area contributed by atoms with Crippen LogP contribution < -0.4 is 10.1 Å². The minimum absolute atomic E-state index is 0.0735. The number of benzene rings is 1. The van der Waals surface area contributed by atoms with E-state index in [2.05, 4.69) is 15.5 Å². The molecule has 1 aliphatic heterocycles. The zero-order chi connectivity index (χ0) is 33.2. The Hall–Kier alpha value is -3.77. The van der Waals surface area contributed by atoms with Gasteiger partial charge in [-0.1, -0.05) is 56.8 Å². The fourth-order valence-electron chi connectivity index (χ4n) is 5.87. The highest BCUT2D eigenvalue weighted by molar-refractivity contribution is 7.13. The first-order valence-corrected chi connectivity index (χ1v) is 17.0. The molecule has 0 saturated carbocycles. The molecule has 2 amide bonds. The van der Waals surface area contributed by atoms with Crippen LogP contribution in [0.1, 0.15) is 93.8 Å². The quantitative estimate of drug-likeness (QED) is 0.157. The molecular formula is C34H46N4O7S. The van der Waals surface area contributed by atoms with Crippen LogP contribution in [0.4, 0.5) is 0 Å². The summed E-state index contributed by atoms with van der Waals surface area (Å²) >= 11 is 1.56. The van der Waals surface area contributed by atoms with Crippen molar-refractivity contribution >= 4 is 29.1 Å². The summed E-state index contributed by atoms with van der Waals surface area (Å²) in [7, 11) is 0. The lowest BCUT2D eigenvalue weighted by Gasteiger charge is -2.28. The van der Waals surface area contributed by atoms with Crippen LogP contribution >= 0.6 is 11.3 Å². The number of carbonyl (C=O) groups excluding carboxylic acids is 2. The van der Waals surface area contributed by atoms with Gasteiger partial charge in [0.1, 0.15) is 23.5 Å². The number of nitrogens with one attached hydrogen (secondary N) is 1. The van der Waals surface area contributed by atoms with Gasteiger partial charge in [-0.2, -0.15) is 0 Å². The number of nitrogens with zero attached hydrogens (tertiary/aromatic N) is 3. The van der Waals surface area contributed by atoms with Gasteiger partial charge in [-0.3, -0.25) is 14.4 Å². The maximum atomic E-state index is 13.7. The molecule has 0 aliphatic carbocycles. The molecule has 4 rings (SSSR count). The van der Waals surface area contributed by atoms with Crippen LogP contribution in [-0.2, 0) is 20.9 Å². The highest BCUT2D eigenvalue weighted by Gasteiger charge is 2.43. The highest BCUT2D eigenvalue weighted by atomic mass is 32.1. The van der Waals surface area contributed by atoms with E-state index in [0.29, 0.717) is 30.2 Å². The molecule has 0 spiro atoms. The van der Waals surface area contributed by atoms with Crippen LogP contribution in [-0.4, -0.2) is 68.3 Å². The van der Waals surface area contributed by atoms with Crippen molar-refractivity contribution < 1.29 is 33.9 Å². The maximum absolute atomic E-state index is 13.7. The van der Waals surface area contributed by atoms with Crippen molar-refractivity contribution in [3.8, 4) is 16.2 Å². The van der Waals surface area contributed by atoms with E-state index in [0.717, 1.165) is 53.8 Å². The van der Waals surface area contributed by atoms with Crippen molar-refractivity contribution in [3.63, 3.8) is 0 Å². The Morgan fingerprint density at radius 1 is 1.11 bits per heavy atom. The van der Waals surface area contributed by atoms with Gasteiger partial charge in [0.2, 0.25) is 11.8 Å². The van der Waals surface area contributed by atoms with E-state index < -0.39 is 24.0 Å². The number of carboxylic acids is 1. The van der Waals surface area contributed by atoms with Crippen LogP contribution in [0.5, 0.6) is 5.75 Å². The lowest BCUT2D eigenvalue weighted by atomic mass is 9.91. The number of hydrogen-bond donors (Lipinski definition) is 3. The normalized spacial score (nSPS) is 17.0. The largest absolute Gasteiger partial charge is 0.493 e. The molecule has 3 atom stereocenters. The molecule has 0 radical (unpaired) electrons. The molecule has 3 aromatic rings. The number of thiazole rings is 1. The van der Waals surface area contributed by atoms with Gasteiger partial charge in [-0.05, 0) is 44.2 Å². The number of likely N-dealkylation sites (tertiary alicyclic amines) is 1. The van der Waals surface area contributed by atoms with Crippen LogP contribution in [0.25, 0.3) is 10.4 Å². The Kier molecular flexibility index (Phi) is 12.7. The average molecular weight is 655 g/mol. The fraction of sp³-hybridized carbons (Fsp3) is 0.559. The van der Waals surface area contributed by atoms with E-state index in [-0.39, 0.29) is 43.7 Å². The summed E-state index contributed by atoms with van der Waals surface area (Å²) < 4.78 is 11.7. The lowest BCUT2D eigenvalue weighted by molar-refractivity contribution is -0.141. The first-order valence-electron chi connectivity index (χ1n) is 16.1. The van der Waals surface area contributed by atoms with Crippen molar-refractivity contribution in [3.05, 3.63) is 52.5 Å². The number of ether oxygens (including phenoxy) is 1. The smallest absolute Gasteiger partial charge is 0.303 e. The molecule has 250 valence electrons. The van der Waals surface area contributed by atoms with E-state index in [4.69, 9.17) is 14.4 Å². The lowest BCUT2D eigenvalue weighted by Crippen LogP contribution is -2.48. The maximum Gasteiger partial charge on any atom is 0.303 e. The molecule has 3 heterocycles. The Balaban J connectivity index is 1.40. The Bertz CT molecular complexity index is 1470. The molecule has 1 aliphatic rings. The van der Waals surface area contributed by atoms with Gasteiger partial charge in [-0.15, -0.1) is 11.3 Å². The Morgan fingerprint density at radius 3 is 2.50 bits per heavy atom. The summed E-state index contributed by atoms with van der Waals surface area (Å²) in [5.74, 6) is -0.940. The minimum Gasteiger partial charge on any atom is -0.493 e. The monoisotopic (exact) mass is 654 g/mol. The predicted octanol–water partition coefficient (Wildman–Crippen LogP) is 5.63. The average Bonchev–Trinajstić information content (AvgIpc) is 3.74. The second kappa shape index (κ2) is 16.7. The summed E-state index contributed by atoms with van der Waals surface area (Å²) in [6.45, 7) is 8.38. The minimum atomic E-state index is -0.813. The number of unbranched alkanes of at least 4 members (excludes halogenated alkanes) is 5. The number of rotatable bonds is 17. The number of β-amino-alcohol motifs (C(OH)–C–C–N with tert-alkyl or cyclic N) is 1. The Morgan fingerprint density at radius 2 is 1.85 bits per heavy atom. The van der Waals surface area contributed by atoms with E-state index in [1.165, 1.54) is 4.90 Å². The van der Waals surface area contributed by atoms with Gasteiger partial charge < -0.3 is 29.7 Å². The number of aromatic nitrogens is 2. The first kappa shape index (κ1) is 35.1. The van der Waals surface area contributed by atoms with E-state index in [1.807, 2.05) is 44.5 Å². The van der Waals surface area contributed by atoms with E-state index >= 15 is 0 Å². The number of aliphatic carboxylic acids is 1. The van der Waals surface area contributed by atoms with Crippen LogP contribution in [0.15, 0.2) is 34.3 Å². The topological polar surface area (TPSA) is 155 Å². The van der Waals surface area contributed by atoms with Gasteiger partial charge in [-0.25, -0.2) is 4.98 Å². The van der Waals surface area contributed by atoms with Gasteiger partial charge in [0.05, 0.1) is 34.5 Å². The molecule has 0 bridgehead atoms. The standard InChI is InChI=1S/C34H46N4O7S/c1-21(2)31(29-15-22(3)37-45-29)34(43)38-19-26(39)17-27(38)33(42)35-18-25-13-12-24(32-23(4)36-20-46-32)16-28(25)44-14-10-8-6-5-7-9-11-30(40)41/h12-13,15-16,20-21,26-27,31,39H,5-11,14,17-19H2,1-4H3,(H,35,42)(H,40,41)/t26-,27+,31?/m1/s1. The summed E-state index contributed by atoms with van der Waals surface area (Å²) in [4.78, 5) is 44.8. The highest BCUT2D eigenvalue weighted by Crippen LogP contribution is 2.33. The zero-order valence-electron chi connectivity index (χ0n) is 27.2. The molecule has 1 saturated heterocycles. The second-order valence-electron chi connectivity index (χ2n) is 12.4. The molecule has 12 heteroatoms. The number of amides is 2. The first-order chi connectivity index (χ1) is 22.0. The summed E-state index contributed by atoms with van der Waals surface area (Å²) in [6, 6.07) is 6.85. The third kappa shape index (κ3) is 9.38. The SMILES string of the molecule is Cc1cc(C(C(=O)N2C[C@H](O)C[C@H]2C(=O)NCc2ccc(-c3scnc3C)cc2OCCCCCCCCC(=O)O)C(C)C)on1. The summed E-state index contributed by atoms with van der Waals surface area (Å²) in [5.41, 5.74) is 5.21. The van der Waals surface area contributed by atoms with Crippen LogP contribution in [0, 0.1) is 19.8 Å². The number of hydrogen-bond acceptors (Lipinski definition) is 9. The zero-order valence-corrected chi connectivity index (χ0v) is 28.0. The van der Waals surface area contributed by atoms with Gasteiger partial charge >= 0.3 is 5.97 Å². The van der Waals surface area contributed by atoms with E-state index in [1.54, 1.807) is 24.3 Å². The van der Waals surface area contributed by atoms with Crippen molar-refractivity contribution in [2.24, 2.45) is 5.92 Å². The molecular weight excluding hydrogens is 608 g/mol. The van der Waals surface area contributed by atoms with Gasteiger partial charge in [0.15, 0.2) is 0 Å². The number of carboxylic acid groups (broad SMARTS) is 1. The molecule has 1 fully saturated rings. The number of aryl methyl sites for hydroxylation is 2.